The number of carbonyl (C=O) groups is 1. The van der Waals surface area contributed by atoms with Crippen molar-refractivity contribution in [1.82, 2.24) is 5.32 Å². The quantitative estimate of drug-likeness (QED) is 0.681. The predicted molar refractivity (Wildman–Crippen MR) is 79.2 cm³/mol. The van der Waals surface area contributed by atoms with Crippen LogP contribution in [-0.2, 0) is 16.1 Å². The number of ether oxygens (including phenoxy) is 1. The summed E-state index contributed by atoms with van der Waals surface area (Å²) >= 11 is 0. The smallest absolute Gasteiger partial charge is 0.248 e. The molecule has 0 saturated heterocycles. The molecule has 2 unspecified atom stereocenters. The summed E-state index contributed by atoms with van der Waals surface area (Å²) in [6, 6.07) is 9.80. The molecule has 0 heterocycles. The molecule has 0 saturated carbocycles. The Hall–Kier alpha value is -1.39. The summed E-state index contributed by atoms with van der Waals surface area (Å²) < 4.78 is 5.54. The van der Waals surface area contributed by atoms with Gasteiger partial charge in [0, 0.05) is 13.2 Å². The van der Waals surface area contributed by atoms with E-state index in [1.807, 2.05) is 37.3 Å². The summed E-state index contributed by atoms with van der Waals surface area (Å²) in [6.07, 6.45) is 1.33. The number of carbonyl (C=O) groups excluding carboxylic acids is 1. The molecule has 0 aromatic heterocycles. The van der Waals surface area contributed by atoms with Crippen molar-refractivity contribution < 1.29 is 14.6 Å². The molecule has 1 amide bonds. The third kappa shape index (κ3) is 6.68. The third-order valence-corrected chi connectivity index (χ3v) is 3.20. The summed E-state index contributed by atoms with van der Waals surface area (Å²) in [6.45, 7) is 5.02. The first kappa shape index (κ1) is 16.7. The molecule has 4 heteroatoms. The molecule has 0 radical (unpaired) electrons. The Morgan fingerprint density at radius 3 is 2.65 bits per heavy atom. The first-order valence-corrected chi connectivity index (χ1v) is 7.17. The van der Waals surface area contributed by atoms with Crippen LogP contribution in [0.3, 0.4) is 0 Å². The molecular formula is C16H25NO3. The zero-order valence-corrected chi connectivity index (χ0v) is 12.3. The minimum absolute atomic E-state index is 0.0856. The van der Waals surface area contributed by atoms with E-state index in [-0.39, 0.29) is 12.5 Å². The maximum absolute atomic E-state index is 11.8. The van der Waals surface area contributed by atoms with Gasteiger partial charge in [-0.15, -0.1) is 0 Å². The molecule has 1 rings (SSSR count). The summed E-state index contributed by atoms with van der Waals surface area (Å²) in [4.78, 5) is 11.8. The second-order valence-corrected chi connectivity index (χ2v) is 5.16. The standard InChI is InChI=1S/C16H25NO3/c1-13(11-18)7-6-10-17-16(19)14(2)20-12-15-8-4-3-5-9-15/h3-5,8-9,13-14,18H,6-7,10-12H2,1-2H3,(H,17,19). The van der Waals surface area contributed by atoms with Crippen molar-refractivity contribution in [3.63, 3.8) is 0 Å². The molecule has 0 spiro atoms. The van der Waals surface area contributed by atoms with E-state index in [1.54, 1.807) is 6.92 Å². The lowest BCUT2D eigenvalue weighted by Crippen LogP contribution is -2.35. The minimum atomic E-state index is -0.453. The number of hydrogen-bond donors (Lipinski definition) is 2. The van der Waals surface area contributed by atoms with Gasteiger partial charge in [0.1, 0.15) is 6.10 Å². The van der Waals surface area contributed by atoms with Crippen LogP contribution in [0, 0.1) is 5.92 Å². The molecule has 2 atom stereocenters. The second-order valence-electron chi connectivity index (χ2n) is 5.16. The highest BCUT2D eigenvalue weighted by molar-refractivity contribution is 5.80. The summed E-state index contributed by atoms with van der Waals surface area (Å²) in [5.41, 5.74) is 1.06. The van der Waals surface area contributed by atoms with E-state index >= 15 is 0 Å². The van der Waals surface area contributed by atoms with Gasteiger partial charge in [0.25, 0.3) is 0 Å². The van der Waals surface area contributed by atoms with Crippen molar-refractivity contribution in [3.05, 3.63) is 35.9 Å². The number of hydrogen-bond acceptors (Lipinski definition) is 3. The number of rotatable bonds is 9. The van der Waals surface area contributed by atoms with Crippen LogP contribution in [0.25, 0.3) is 0 Å². The number of nitrogens with one attached hydrogen (secondary N) is 1. The highest BCUT2D eigenvalue weighted by Gasteiger charge is 2.12. The summed E-state index contributed by atoms with van der Waals surface area (Å²) in [5, 5.41) is 11.8. The molecule has 2 N–H and O–H groups in total. The minimum Gasteiger partial charge on any atom is -0.396 e. The van der Waals surface area contributed by atoms with Crippen LogP contribution in [0.15, 0.2) is 30.3 Å². The molecule has 20 heavy (non-hydrogen) atoms. The lowest BCUT2D eigenvalue weighted by molar-refractivity contribution is -0.132. The van der Waals surface area contributed by atoms with Gasteiger partial charge >= 0.3 is 0 Å². The zero-order chi connectivity index (χ0) is 14.8. The molecular weight excluding hydrogens is 254 g/mol. The van der Waals surface area contributed by atoms with Gasteiger partial charge in [-0.25, -0.2) is 0 Å². The van der Waals surface area contributed by atoms with E-state index in [2.05, 4.69) is 5.32 Å². The Bertz CT molecular complexity index is 381. The zero-order valence-electron chi connectivity index (χ0n) is 12.3. The lowest BCUT2D eigenvalue weighted by atomic mass is 10.1. The van der Waals surface area contributed by atoms with E-state index in [0.29, 0.717) is 19.1 Å². The van der Waals surface area contributed by atoms with Gasteiger partial charge in [-0.1, -0.05) is 37.3 Å². The van der Waals surface area contributed by atoms with Gasteiger partial charge < -0.3 is 15.2 Å². The normalized spacial score (nSPS) is 13.8. The topological polar surface area (TPSA) is 58.6 Å². The van der Waals surface area contributed by atoms with Crippen LogP contribution in [-0.4, -0.2) is 30.3 Å². The van der Waals surface area contributed by atoms with Gasteiger partial charge in [-0.2, -0.15) is 0 Å². The van der Waals surface area contributed by atoms with Gasteiger partial charge in [0.05, 0.1) is 6.61 Å². The van der Waals surface area contributed by atoms with E-state index in [9.17, 15) is 4.79 Å². The van der Waals surface area contributed by atoms with E-state index in [0.717, 1.165) is 18.4 Å². The highest BCUT2D eigenvalue weighted by Crippen LogP contribution is 2.04. The number of aliphatic hydroxyl groups is 1. The summed E-state index contributed by atoms with van der Waals surface area (Å²) in [7, 11) is 0. The van der Waals surface area contributed by atoms with Crippen molar-refractivity contribution >= 4 is 5.91 Å². The average molecular weight is 279 g/mol. The molecule has 0 aliphatic carbocycles. The maximum Gasteiger partial charge on any atom is 0.248 e. The van der Waals surface area contributed by atoms with Crippen LogP contribution in [0.2, 0.25) is 0 Å². The fourth-order valence-electron chi connectivity index (χ4n) is 1.77. The highest BCUT2D eigenvalue weighted by atomic mass is 16.5. The van der Waals surface area contributed by atoms with Crippen LogP contribution in [0.4, 0.5) is 0 Å². The Kier molecular flexibility index (Phi) is 7.92. The monoisotopic (exact) mass is 279 g/mol. The molecule has 1 aromatic carbocycles. The third-order valence-electron chi connectivity index (χ3n) is 3.20. The second kappa shape index (κ2) is 9.50. The van der Waals surface area contributed by atoms with Gasteiger partial charge in [-0.05, 0) is 31.2 Å². The van der Waals surface area contributed by atoms with Crippen LogP contribution in [0.5, 0.6) is 0 Å². The molecule has 0 aliphatic heterocycles. The van der Waals surface area contributed by atoms with Crippen molar-refractivity contribution in [3.8, 4) is 0 Å². The summed E-state index contributed by atoms with van der Waals surface area (Å²) in [5.74, 6) is 0.205. The van der Waals surface area contributed by atoms with Crippen molar-refractivity contribution in [1.29, 1.82) is 0 Å². The molecule has 0 bridgehead atoms. The first-order chi connectivity index (χ1) is 9.63. The fraction of sp³-hybridized carbons (Fsp3) is 0.562. The van der Waals surface area contributed by atoms with Crippen LogP contribution in [0.1, 0.15) is 32.3 Å². The number of aliphatic hydroxyl groups excluding tert-OH is 1. The van der Waals surface area contributed by atoms with Crippen molar-refractivity contribution in [2.75, 3.05) is 13.2 Å². The molecule has 0 aliphatic rings. The predicted octanol–water partition coefficient (Wildman–Crippen LogP) is 2.12. The SMILES string of the molecule is CC(CO)CCCNC(=O)C(C)OCc1ccccc1. The van der Waals surface area contributed by atoms with E-state index in [1.165, 1.54) is 0 Å². The first-order valence-electron chi connectivity index (χ1n) is 7.17. The number of benzene rings is 1. The van der Waals surface area contributed by atoms with Gasteiger partial charge in [-0.3, -0.25) is 4.79 Å². The molecule has 112 valence electrons. The fourth-order valence-corrected chi connectivity index (χ4v) is 1.77. The Balaban J connectivity index is 2.16. The van der Waals surface area contributed by atoms with Gasteiger partial charge in [0.15, 0.2) is 0 Å². The molecule has 4 nitrogen and oxygen atoms in total. The Morgan fingerprint density at radius 1 is 1.30 bits per heavy atom. The van der Waals surface area contributed by atoms with E-state index < -0.39 is 6.10 Å². The largest absolute Gasteiger partial charge is 0.396 e. The average Bonchev–Trinajstić information content (AvgIpc) is 2.49. The van der Waals surface area contributed by atoms with Crippen LogP contribution < -0.4 is 5.32 Å². The van der Waals surface area contributed by atoms with Crippen molar-refractivity contribution in [2.24, 2.45) is 5.92 Å². The van der Waals surface area contributed by atoms with Crippen LogP contribution >= 0.6 is 0 Å². The Labute approximate surface area is 121 Å². The number of amides is 1. The van der Waals surface area contributed by atoms with Crippen molar-refractivity contribution in [2.45, 2.75) is 39.4 Å². The molecule has 1 aromatic rings. The molecule has 0 fully saturated rings. The maximum atomic E-state index is 11.8. The van der Waals surface area contributed by atoms with Gasteiger partial charge in [0.2, 0.25) is 5.91 Å². The lowest BCUT2D eigenvalue weighted by Gasteiger charge is -2.14. The van der Waals surface area contributed by atoms with E-state index in [4.69, 9.17) is 9.84 Å². The Morgan fingerprint density at radius 2 is 2.00 bits per heavy atom.